The Hall–Kier alpha value is -1.76. The van der Waals surface area contributed by atoms with Crippen molar-refractivity contribution in [2.45, 2.75) is 51.9 Å². The Balaban J connectivity index is 2.86. The number of aliphatic hydroxyl groups excluding tert-OH is 1. The topological polar surface area (TPSA) is 69.6 Å². The summed E-state index contributed by atoms with van der Waals surface area (Å²) in [7, 11) is 0. The van der Waals surface area contributed by atoms with Gasteiger partial charge in [-0.05, 0) is 36.0 Å². The zero-order valence-corrected chi connectivity index (χ0v) is 13.3. The van der Waals surface area contributed by atoms with Crippen molar-refractivity contribution in [3.63, 3.8) is 0 Å². The van der Waals surface area contributed by atoms with Gasteiger partial charge in [0.05, 0.1) is 17.7 Å². The molecule has 0 spiro atoms. The number of hydrogen-bond donors (Lipinski definition) is 3. The first-order valence-electron chi connectivity index (χ1n) is 7.22. The number of carbonyl (C=O) groups is 1. The van der Waals surface area contributed by atoms with Crippen LogP contribution in [0.5, 0.6) is 0 Å². The number of carboxylic acid groups (broad SMARTS) is 1. The average molecular weight is 333 g/mol. The molecule has 3 N–H and O–H groups in total. The maximum atomic E-state index is 12.5. The number of hydrogen-bond acceptors (Lipinski definition) is 2. The first-order valence-corrected chi connectivity index (χ1v) is 7.22. The number of rotatable bonds is 5. The molecule has 0 heterocycles. The SMILES string of the molecule is CC(C)(C)C[C@H](O)[C@H](Cc1ccc(C(F)(F)F)cc1)NC(=O)O. The standard InChI is InChI=1S/C16H22F3NO3/c1-15(2,3)9-13(21)12(20-14(22)23)8-10-4-6-11(7-5-10)16(17,18)19/h4-7,12-13,20-21H,8-9H2,1-3H3,(H,22,23)/t12-,13-/m0/s1. The molecule has 1 aromatic rings. The Morgan fingerprint density at radius 3 is 2.09 bits per heavy atom. The molecule has 130 valence electrons. The van der Waals surface area contributed by atoms with Crippen molar-refractivity contribution in [1.29, 1.82) is 0 Å². The summed E-state index contributed by atoms with van der Waals surface area (Å²) in [5.41, 5.74) is -0.457. The van der Waals surface area contributed by atoms with Crippen molar-refractivity contribution < 1.29 is 28.2 Å². The minimum atomic E-state index is -4.41. The van der Waals surface area contributed by atoms with E-state index >= 15 is 0 Å². The van der Waals surface area contributed by atoms with Crippen LogP contribution in [-0.2, 0) is 12.6 Å². The van der Waals surface area contributed by atoms with E-state index in [9.17, 15) is 23.1 Å². The summed E-state index contributed by atoms with van der Waals surface area (Å²) >= 11 is 0. The second-order valence-corrected chi connectivity index (χ2v) is 6.79. The van der Waals surface area contributed by atoms with Crippen LogP contribution >= 0.6 is 0 Å². The Kier molecular flexibility index (Phi) is 6.04. The van der Waals surface area contributed by atoms with E-state index in [0.29, 0.717) is 12.0 Å². The maximum Gasteiger partial charge on any atom is 0.416 e. The van der Waals surface area contributed by atoms with E-state index in [1.165, 1.54) is 12.1 Å². The second kappa shape index (κ2) is 7.21. The van der Waals surface area contributed by atoms with E-state index in [-0.39, 0.29) is 11.8 Å². The van der Waals surface area contributed by atoms with Crippen molar-refractivity contribution in [3.05, 3.63) is 35.4 Å². The van der Waals surface area contributed by atoms with Gasteiger partial charge in [-0.15, -0.1) is 0 Å². The summed E-state index contributed by atoms with van der Waals surface area (Å²) in [5, 5.41) is 21.4. The van der Waals surface area contributed by atoms with Crippen molar-refractivity contribution in [1.82, 2.24) is 5.32 Å². The van der Waals surface area contributed by atoms with E-state index in [0.717, 1.165) is 12.1 Å². The number of alkyl halides is 3. The average Bonchev–Trinajstić information content (AvgIpc) is 2.35. The number of nitrogens with one attached hydrogen (secondary N) is 1. The van der Waals surface area contributed by atoms with Gasteiger partial charge >= 0.3 is 12.3 Å². The number of amides is 1. The fraction of sp³-hybridized carbons (Fsp3) is 0.562. The zero-order valence-electron chi connectivity index (χ0n) is 13.3. The van der Waals surface area contributed by atoms with Gasteiger partial charge in [-0.1, -0.05) is 32.9 Å². The predicted molar refractivity (Wildman–Crippen MR) is 80.2 cm³/mol. The Morgan fingerprint density at radius 2 is 1.70 bits per heavy atom. The zero-order chi connectivity index (χ0) is 17.8. The lowest BCUT2D eigenvalue weighted by molar-refractivity contribution is -0.137. The van der Waals surface area contributed by atoms with Gasteiger partial charge < -0.3 is 15.5 Å². The van der Waals surface area contributed by atoms with Crippen LogP contribution < -0.4 is 5.32 Å². The molecule has 0 bridgehead atoms. The van der Waals surface area contributed by atoms with Gasteiger partial charge in [0, 0.05) is 0 Å². The molecule has 0 unspecified atom stereocenters. The molecule has 0 saturated carbocycles. The van der Waals surface area contributed by atoms with Gasteiger partial charge in [-0.3, -0.25) is 0 Å². The molecule has 23 heavy (non-hydrogen) atoms. The highest BCUT2D eigenvalue weighted by molar-refractivity contribution is 5.65. The highest BCUT2D eigenvalue weighted by Crippen LogP contribution is 2.29. The summed E-state index contributed by atoms with van der Waals surface area (Å²) in [6.07, 6.45) is -6.16. The number of aliphatic hydroxyl groups is 1. The molecular formula is C16H22F3NO3. The smallest absolute Gasteiger partial charge is 0.416 e. The van der Waals surface area contributed by atoms with Gasteiger partial charge in [-0.25, -0.2) is 4.79 Å². The fourth-order valence-corrected chi connectivity index (χ4v) is 2.30. The third-order valence-corrected chi connectivity index (χ3v) is 3.33. The molecule has 7 heteroatoms. The summed E-state index contributed by atoms with van der Waals surface area (Å²) in [4.78, 5) is 10.9. The molecule has 0 aliphatic rings. The normalized spacial score (nSPS) is 15.1. The first kappa shape index (κ1) is 19.3. The third-order valence-electron chi connectivity index (χ3n) is 3.33. The lowest BCUT2D eigenvalue weighted by Crippen LogP contribution is -2.45. The van der Waals surface area contributed by atoms with Crippen LogP contribution in [0.3, 0.4) is 0 Å². The van der Waals surface area contributed by atoms with Crippen LogP contribution in [0.1, 0.15) is 38.3 Å². The summed E-state index contributed by atoms with van der Waals surface area (Å²) in [6, 6.07) is 3.70. The van der Waals surface area contributed by atoms with Gasteiger partial charge in [0.25, 0.3) is 0 Å². The number of benzene rings is 1. The highest BCUT2D eigenvalue weighted by Gasteiger charge is 2.30. The molecule has 0 fully saturated rings. The molecule has 1 aromatic carbocycles. The van der Waals surface area contributed by atoms with Crippen LogP contribution in [-0.4, -0.2) is 28.5 Å². The maximum absolute atomic E-state index is 12.5. The van der Waals surface area contributed by atoms with E-state index < -0.39 is 30.0 Å². The van der Waals surface area contributed by atoms with E-state index in [4.69, 9.17) is 5.11 Å². The molecule has 0 aliphatic heterocycles. The van der Waals surface area contributed by atoms with E-state index in [1.807, 2.05) is 20.8 Å². The van der Waals surface area contributed by atoms with Crippen LogP contribution in [0.4, 0.5) is 18.0 Å². The van der Waals surface area contributed by atoms with E-state index in [2.05, 4.69) is 5.32 Å². The van der Waals surface area contributed by atoms with Crippen molar-refractivity contribution >= 4 is 6.09 Å². The molecule has 0 saturated heterocycles. The summed E-state index contributed by atoms with van der Waals surface area (Å²) in [5.74, 6) is 0. The van der Waals surface area contributed by atoms with Crippen LogP contribution in [0.25, 0.3) is 0 Å². The second-order valence-electron chi connectivity index (χ2n) is 6.79. The summed E-state index contributed by atoms with van der Waals surface area (Å²) < 4.78 is 37.6. The minimum Gasteiger partial charge on any atom is -0.465 e. The Labute approximate surface area is 133 Å². The largest absolute Gasteiger partial charge is 0.465 e. The lowest BCUT2D eigenvalue weighted by Gasteiger charge is -2.28. The summed E-state index contributed by atoms with van der Waals surface area (Å²) in [6.45, 7) is 5.73. The molecule has 0 radical (unpaired) electrons. The molecule has 2 atom stereocenters. The first-order chi connectivity index (χ1) is 10.4. The lowest BCUT2D eigenvalue weighted by atomic mass is 9.85. The van der Waals surface area contributed by atoms with Gasteiger partial charge in [-0.2, -0.15) is 13.2 Å². The molecule has 0 aliphatic carbocycles. The fourth-order valence-electron chi connectivity index (χ4n) is 2.30. The molecule has 0 aromatic heterocycles. The predicted octanol–water partition coefficient (Wildman–Crippen LogP) is 3.68. The van der Waals surface area contributed by atoms with Crippen molar-refractivity contribution in [2.24, 2.45) is 5.41 Å². The van der Waals surface area contributed by atoms with Crippen LogP contribution in [0.15, 0.2) is 24.3 Å². The Bertz CT molecular complexity index is 521. The van der Waals surface area contributed by atoms with Crippen molar-refractivity contribution in [2.75, 3.05) is 0 Å². The monoisotopic (exact) mass is 333 g/mol. The molecule has 1 rings (SSSR count). The van der Waals surface area contributed by atoms with Gasteiger partial charge in [0.2, 0.25) is 0 Å². The van der Waals surface area contributed by atoms with Crippen LogP contribution in [0, 0.1) is 5.41 Å². The molecular weight excluding hydrogens is 311 g/mol. The molecule has 4 nitrogen and oxygen atoms in total. The highest BCUT2D eigenvalue weighted by atomic mass is 19.4. The minimum absolute atomic E-state index is 0.113. The van der Waals surface area contributed by atoms with Gasteiger partial charge in [0.1, 0.15) is 0 Å². The third kappa shape index (κ3) is 6.90. The Morgan fingerprint density at radius 1 is 1.17 bits per heavy atom. The van der Waals surface area contributed by atoms with Gasteiger partial charge in [0.15, 0.2) is 0 Å². The quantitative estimate of drug-likeness (QED) is 0.770. The van der Waals surface area contributed by atoms with E-state index in [1.54, 1.807) is 0 Å². The van der Waals surface area contributed by atoms with Crippen LogP contribution in [0.2, 0.25) is 0 Å². The van der Waals surface area contributed by atoms with Crippen molar-refractivity contribution in [3.8, 4) is 0 Å². The number of halogens is 3. The molecule has 1 amide bonds.